The van der Waals surface area contributed by atoms with Gasteiger partial charge >= 0.3 is 0 Å². The maximum Gasteiger partial charge on any atom is 0.0581 e. The molecule has 1 aliphatic heterocycles. The quantitative estimate of drug-likeness (QED) is 0.675. The minimum atomic E-state index is -0.383. The fourth-order valence-electron chi connectivity index (χ4n) is 1.82. The van der Waals surface area contributed by atoms with E-state index in [9.17, 15) is 5.11 Å². The molecule has 1 heterocycles. The minimum absolute atomic E-state index is 0.383. The van der Waals surface area contributed by atoms with E-state index < -0.39 is 0 Å². The van der Waals surface area contributed by atoms with Crippen LogP contribution in [0.4, 0.5) is 0 Å². The highest BCUT2D eigenvalue weighted by Gasteiger charge is 2.24. The molecule has 0 aliphatic carbocycles. The van der Waals surface area contributed by atoms with Gasteiger partial charge < -0.3 is 10.0 Å². The highest BCUT2D eigenvalue weighted by atomic mass is 16.3. The predicted molar refractivity (Wildman–Crippen MR) is 50.8 cm³/mol. The lowest BCUT2D eigenvalue weighted by Crippen LogP contribution is -2.43. The summed E-state index contributed by atoms with van der Waals surface area (Å²) in [7, 11) is 0. The number of hydrogen-bond donors (Lipinski definition) is 1. The molecule has 0 aromatic heterocycles. The Kier molecular flexibility index (Phi) is 3.53. The fourth-order valence-corrected chi connectivity index (χ4v) is 1.82. The molecule has 1 radical (unpaired) electrons. The molecule has 12 heavy (non-hydrogen) atoms. The van der Waals surface area contributed by atoms with Crippen LogP contribution in [0.5, 0.6) is 0 Å². The van der Waals surface area contributed by atoms with Gasteiger partial charge in [-0.1, -0.05) is 0 Å². The Hall–Kier alpha value is -0.0800. The van der Waals surface area contributed by atoms with Gasteiger partial charge in [0, 0.05) is 12.6 Å². The zero-order chi connectivity index (χ0) is 9.14. The summed E-state index contributed by atoms with van der Waals surface area (Å²) in [5.41, 5.74) is 0. The molecule has 0 saturated carbocycles. The van der Waals surface area contributed by atoms with Crippen LogP contribution in [0.1, 0.15) is 26.7 Å². The van der Waals surface area contributed by atoms with Crippen molar-refractivity contribution in [3.63, 3.8) is 0 Å². The number of hydrogen-bond acceptors (Lipinski definition) is 2. The van der Waals surface area contributed by atoms with Crippen molar-refractivity contribution in [3.8, 4) is 0 Å². The average molecular weight is 170 g/mol. The van der Waals surface area contributed by atoms with E-state index in [4.69, 9.17) is 0 Å². The van der Waals surface area contributed by atoms with Crippen LogP contribution in [0.25, 0.3) is 0 Å². The van der Waals surface area contributed by atoms with Crippen molar-refractivity contribution in [2.24, 2.45) is 5.92 Å². The third-order valence-corrected chi connectivity index (χ3v) is 2.76. The normalized spacial score (nSPS) is 29.2. The van der Waals surface area contributed by atoms with Crippen molar-refractivity contribution in [2.75, 3.05) is 13.1 Å². The van der Waals surface area contributed by atoms with Crippen LogP contribution in [0.3, 0.4) is 0 Å². The van der Waals surface area contributed by atoms with Crippen LogP contribution in [0.15, 0.2) is 0 Å². The Morgan fingerprint density at radius 3 is 2.67 bits per heavy atom. The highest BCUT2D eigenvalue weighted by Crippen LogP contribution is 2.20. The first-order chi connectivity index (χ1) is 5.61. The summed E-state index contributed by atoms with van der Waals surface area (Å²) in [5, 5.41) is 9.34. The Morgan fingerprint density at radius 1 is 1.50 bits per heavy atom. The number of rotatable bonds is 2. The molecule has 0 amide bonds. The lowest BCUT2D eigenvalue weighted by molar-refractivity contribution is 0.0639. The van der Waals surface area contributed by atoms with E-state index in [1.165, 1.54) is 13.0 Å². The highest BCUT2D eigenvalue weighted by molar-refractivity contribution is 4.80. The van der Waals surface area contributed by atoms with E-state index in [1.807, 2.05) is 0 Å². The van der Waals surface area contributed by atoms with Crippen molar-refractivity contribution in [2.45, 2.75) is 38.8 Å². The van der Waals surface area contributed by atoms with Crippen LogP contribution in [0.2, 0.25) is 0 Å². The van der Waals surface area contributed by atoms with Crippen molar-refractivity contribution in [1.82, 2.24) is 4.90 Å². The molecule has 2 unspecified atom stereocenters. The third-order valence-electron chi connectivity index (χ3n) is 2.76. The molecule has 0 aromatic carbocycles. The van der Waals surface area contributed by atoms with E-state index in [1.54, 1.807) is 0 Å². The van der Waals surface area contributed by atoms with Gasteiger partial charge in [0.25, 0.3) is 0 Å². The van der Waals surface area contributed by atoms with Crippen molar-refractivity contribution >= 4 is 0 Å². The molecule has 2 heteroatoms. The van der Waals surface area contributed by atoms with Crippen LogP contribution in [-0.2, 0) is 0 Å². The van der Waals surface area contributed by atoms with E-state index in [-0.39, 0.29) is 6.10 Å². The number of aliphatic hydroxyl groups excluding tert-OH is 1. The van der Waals surface area contributed by atoms with Crippen LogP contribution < -0.4 is 0 Å². The summed E-state index contributed by atoms with van der Waals surface area (Å²) in [6, 6.07) is 0.603. The molecule has 71 valence electrons. The molecule has 1 saturated heterocycles. The van der Waals surface area contributed by atoms with Gasteiger partial charge in [0.1, 0.15) is 0 Å². The lowest BCUT2D eigenvalue weighted by atomic mass is 9.93. The molecule has 0 bridgehead atoms. The monoisotopic (exact) mass is 170 g/mol. The second-order valence-corrected chi connectivity index (χ2v) is 4.06. The van der Waals surface area contributed by atoms with Crippen LogP contribution >= 0.6 is 0 Å². The number of likely N-dealkylation sites (tertiary alicyclic amines) is 1. The van der Waals surface area contributed by atoms with Crippen molar-refractivity contribution < 1.29 is 5.11 Å². The smallest absolute Gasteiger partial charge is 0.0581 e. The minimum Gasteiger partial charge on any atom is -0.393 e. The molecule has 2 nitrogen and oxygen atoms in total. The molecular weight excluding hydrogens is 150 g/mol. The summed E-state index contributed by atoms with van der Waals surface area (Å²) >= 11 is 0. The van der Waals surface area contributed by atoms with Gasteiger partial charge in [0.15, 0.2) is 0 Å². The standard InChI is InChI=1S/C10H20NO/c1-8(2)11-6-4-5-10(7-11)9(3)12/h8-10,12H,3-7H2,1-2H3. The Bertz CT molecular complexity index is 120. The molecule has 1 N–H and O–H groups in total. The number of nitrogens with zero attached hydrogens (tertiary/aromatic N) is 1. The van der Waals surface area contributed by atoms with E-state index in [2.05, 4.69) is 25.7 Å². The average Bonchev–Trinajstić information content (AvgIpc) is 2.04. The van der Waals surface area contributed by atoms with Gasteiger partial charge in [-0.05, 0) is 46.1 Å². The summed E-state index contributed by atoms with van der Waals surface area (Å²) in [6.07, 6.45) is 1.95. The Morgan fingerprint density at radius 2 is 2.17 bits per heavy atom. The summed E-state index contributed by atoms with van der Waals surface area (Å²) in [6.45, 7) is 10.3. The topological polar surface area (TPSA) is 23.5 Å². The maximum atomic E-state index is 9.34. The zero-order valence-corrected chi connectivity index (χ0v) is 8.16. The van der Waals surface area contributed by atoms with Gasteiger partial charge in [-0.25, -0.2) is 0 Å². The SMILES string of the molecule is [CH2]C(O)C1CCCN(C(C)C)C1. The van der Waals surface area contributed by atoms with Gasteiger partial charge in [0.2, 0.25) is 0 Å². The number of piperidine rings is 1. The molecule has 1 aliphatic rings. The maximum absolute atomic E-state index is 9.34. The van der Waals surface area contributed by atoms with Crippen LogP contribution in [-0.4, -0.2) is 35.2 Å². The first-order valence-electron chi connectivity index (χ1n) is 4.86. The lowest BCUT2D eigenvalue weighted by Gasteiger charge is -2.36. The molecular formula is C10H20NO. The van der Waals surface area contributed by atoms with Gasteiger partial charge in [0.05, 0.1) is 6.10 Å². The van der Waals surface area contributed by atoms with Crippen LogP contribution in [0, 0.1) is 12.8 Å². The molecule has 2 atom stereocenters. The van der Waals surface area contributed by atoms with E-state index in [0.29, 0.717) is 12.0 Å². The van der Waals surface area contributed by atoms with Crippen molar-refractivity contribution in [1.29, 1.82) is 0 Å². The third kappa shape index (κ3) is 2.46. The van der Waals surface area contributed by atoms with Gasteiger partial charge in [-0.3, -0.25) is 0 Å². The number of aliphatic hydroxyl groups is 1. The van der Waals surface area contributed by atoms with E-state index >= 15 is 0 Å². The Labute approximate surface area is 75.6 Å². The summed E-state index contributed by atoms with van der Waals surface area (Å²) < 4.78 is 0. The fraction of sp³-hybridized carbons (Fsp3) is 0.900. The first-order valence-corrected chi connectivity index (χ1v) is 4.86. The van der Waals surface area contributed by atoms with Gasteiger partial charge in [-0.2, -0.15) is 0 Å². The molecule has 1 rings (SSSR count). The second kappa shape index (κ2) is 4.24. The van der Waals surface area contributed by atoms with Crippen molar-refractivity contribution in [3.05, 3.63) is 6.92 Å². The molecule has 1 fully saturated rings. The molecule has 0 aromatic rings. The summed E-state index contributed by atoms with van der Waals surface area (Å²) in [4.78, 5) is 2.42. The molecule has 0 spiro atoms. The first kappa shape index (κ1) is 10.0. The Balaban J connectivity index is 2.40. The summed E-state index contributed by atoms with van der Waals surface area (Å²) in [5.74, 6) is 0.390. The zero-order valence-electron chi connectivity index (χ0n) is 8.16. The predicted octanol–water partition coefficient (Wildman–Crippen LogP) is 1.30. The van der Waals surface area contributed by atoms with E-state index in [0.717, 1.165) is 13.0 Å². The second-order valence-electron chi connectivity index (χ2n) is 4.06. The van der Waals surface area contributed by atoms with Gasteiger partial charge in [-0.15, -0.1) is 0 Å². The largest absolute Gasteiger partial charge is 0.393 e.